The summed E-state index contributed by atoms with van der Waals surface area (Å²) in [5.74, 6) is 0.500. The minimum Gasteiger partial charge on any atom is -0.0610 e. The molecular weight excluding hydrogens is 260 g/mol. The molecule has 0 aliphatic carbocycles. The quantitative estimate of drug-likeness (QED) is 0.719. The molecule has 1 heteroatoms. The normalized spacial score (nSPS) is 10.8. The molecule has 0 fully saturated rings. The summed E-state index contributed by atoms with van der Waals surface area (Å²) in [7, 11) is 0. The molecule has 0 amide bonds. The lowest BCUT2D eigenvalue weighted by atomic mass is 9.93. The van der Waals surface area contributed by atoms with Gasteiger partial charge in [-0.2, -0.15) is 0 Å². The Labute approximate surface area is 105 Å². The highest BCUT2D eigenvalue weighted by molar-refractivity contribution is 9.10. The molecule has 0 heterocycles. The summed E-state index contributed by atoms with van der Waals surface area (Å²) in [6, 6.07) is 18.0. The molecule has 0 nitrogen and oxygen atoms in total. The molecule has 2 aromatic carbocycles. The van der Waals surface area contributed by atoms with E-state index >= 15 is 0 Å². The van der Waals surface area contributed by atoms with Crippen LogP contribution in [0.15, 0.2) is 46.9 Å². The van der Waals surface area contributed by atoms with Crippen molar-refractivity contribution < 1.29 is 0 Å². The van der Waals surface area contributed by atoms with E-state index < -0.39 is 0 Å². The first kappa shape index (κ1) is 11.4. The van der Waals surface area contributed by atoms with Crippen LogP contribution in [0.2, 0.25) is 0 Å². The van der Waals surface area contributed by atoms with E-state index in [4.69, 9.17) is 0 Å². The number of hydrogen-bond donors (Lipinski definition) is 0. The minimum atomic E-state index is 0.500. The fourth-order valence-electron chi connectivity index (χ4n) is 1.81. The van der Waals surface area contributed by atoms with E-state index in [1.807, 2.05) is 12.1 Å². The van der Waals surface area contributed by atoms with Crippen molar-refractivity contribution >= 4 is 15.9 Å². The molecule has 0 saturated carbocycles. The molecule has 2 aromatic rings. The zero-order valence-electron chi connectivity index (χ0n) is 9.50. The fourth-order valence-corrected chi connectivity index (χ4v) is 2.07. The third-order valence-electron chi connectivity index (χ3n) is 2.62. The summed E-state index contributed by atoms with van der Waals surface area (Å²) in [6.07, 6.45) is 0. The second kappa shape index (κ2) is 4.84. The summed E-state index contributed by atoms with van der Waals surface area (Å²) in [5.41, 5.74) is 3.82. The average Bonchev–Trinajstić information content (AvgIpc) is 2.30. The van der Waals surface area contributed by atoms with E-state index in [2.05, 4.69) is 66.2 Å². The third-order valence-corrected chi connectivity index (χ3v) is 3.15. The van der Waals surface area contributed by atoms with Crippen molar-refractivity contribution in [1.82, 2.24) is 0 Å². The van der Waals surface area contributed by atoms with Gasteiger partial charge in [-0.15, -0.1) is 0 Å². The average molecular weight is 274 g/mol. The molecule has 0 unspecified atom stereocenters. The lowest BCUT2D eigenvalue weighted by molar-refractivity contribution is 0.867. The van der Waals surface area contributed by atoms with Gasteiger partial charge in [-0.3, -0.25) is 0 Å². The molecule has 0 saturated heterocycles. The molecule has 0 spiro atoms. The number of halogens is 1. The van der Waals surface area contributed by atoms with Crippen LogP contribution >= 0.6 is 15.9 Å². The second-order valence-electron chi connectivity index (χ2n) is 4.16. The van der Waals surface area contributed by atoms with Gasteiger partial charge in [0.2, 0.25) is 0 Å². The third kappa shape index (κ3) is 2.35. The van der Waals surface area contributed by atoms with Crippen molar-refractivity contribution in [3.05, 3.63) is 58.6 Å². The van der Waals surface area contributed by atoms with Crippen LogP contribution in [-0.2, 0) is 0 Å². The molecule has 0 atom stereocenters. The molecular formula is C15H14Br. The van der Waals surface area contributed by atoms with Gasteiger partial charge in [-0.1, -0.05) is 60.1 Å². The smallest absolute Gasteiger partial charge is 0.0175 e. The Morgan fingerprint density at radius 3 is 2.38 bits per heavy atom. The van der Waals surface area contributed by atoms with Gasteiger partial charge in [0.1, 0.15) is 0 Å². The zero-order chi connectivity index (χ0) is 11.5. The van der Waals surface area contributed by atoms with Gasteiger partial charge in [-0.25, -0.2) is 0 Å². The number of benzene rings is 2. The van der Waals surface area contributed by atoms with Crippen molar-refractivity contribution in [2.24, 2.45) is 0 Å². The van der Waals surface area contributed by atoms with Crippen molar-refractivity contribution in [3.63, 3.8) is 0 Å². The van der Waals surface area contributed by atoms with Crippen molar-refractivity contribution in [3.8, 4) is 11.1 Å². The van der Waals surface area contributed by atoms with Crippen molar-refractivity contribution in [2.75, 3.05) is 0 Å². The van der Waals surface area contributed by atoms with E-state index in [0.29, 0.717) is 5.92 Å². The SMILES string of the molecule is CC(C)c1[c]cccc1-c1ccc(Br)cc1. The monoisotopic (exact) mass is 273 g/mol. The summed E-state index contributed by atoms with van der Waals surface area (Å²) in [5, 5.41) is 0. The van der Waals surface area contributed by atoms with Crippen LogP contribution < -0.4 is 0 Å². The van der Waals surface area contributed by atoms with Crippen molar-refractivity contribution in [2.45, 2.75) is 19.8 Å². The highest BCUT2D eigenvalue weighted by atomic mass is 79.9. The summed E-state index contributed by atoms with van der Waals surface area (Å²) >= 11 is 3.46. The molecule has 81 valence electrons. The van der Waals surface area contributed by atoms with E-state index in [-0.39, 0.29) is 0 Å². The van der Waals surface area contributed by atoms with Crippen LogP contribution in [0.4, 0.5) is 0 Å². The Bertz CT molecular complexity index is 469. The topological polar surface area (TPSA) is 0 Å². The van der Waals surface area contributed by atoms with Gasteiger partial charge in [0, 0.05) is 4.47 Å². The maximum absolute atomic E-state index is 3.46. The first-order valence-corrected chi connectivity index (χ1v) is 6.24. The summed E-state index contributed by atoms with van der Waals surface area (Å²) in [4.78, 5) is 0. The Morgan fingerprint density at radius 2 is 1.75 bits per heavy atom. The first-order chi connectivity index (χ1) is 7.68. The molecule has 2 rings (SSSR count). The summed E-state index contributed by atoms with van der Waals surface area (Å²) in [6.45, 7) is 4.41. The first-order valence-electron chi connectivity index (χ1n) is 5.45. The van der Waals surface area contributed by atoms with Gasteiger partial charge in [0.15, 0.2) is 0 Å². The standard InChI is InChI=1S/C15H14Br/c1-11(2)14-5-3-4-6-15(14)12-7-9-13(16)10-8-12/h3-4,6-11H,1-2H3. The van der Waals surface area contributed by atoms with Crippen LogP contribution in [0.1, 0.15) is 25.3 Å². The second-order valence-corrected chi connectivity index (χ2v) is 5.07. The van der Waals surface area contributed by atoms with E-state index in [1.54, 1.807) is 0 Å². The molecule has 16 heavy (non-hydrogen) atoms. The van der Waals surface area contributed by atoms with Crippen LogP contribution in [-0.4, -0.2) is 0 Å². The van der Waals surface area contributed by atoms with Gasteiger partial charge < -0.3 is 0 Å². The maximum atomic E-state index is 3.46. The predicted octanol–water partition coefficient (Wildman–Crippen LogP) is 5.04. The lowest BCUT2D eigenvalue weighted by Gasteiger charge is -2.12. The van der Waals surface area contributed by atoms with Crippen LogP contribution in [0.5, 0.6) is 0 Å². The van der Waals surface area contributed by atoms with Gasteiger partial charge in [0.25, 0.3) is 0 Å². The zero-order valence-corrected chi connectivity index (χ0v) is 11.1. The Morgan fingerprint density at radius 1 is 1.06 bits per heavy atom. The Balaban J connectivity index is 2.51. The van der Waals surface area contributed by atoms with Gasteiger partial charge in [0.05, 0.1) is 0 Å². The minimum absolute atomic E-state index is 0.500. The number of hydrogen-bond acceptors (Lipinski definition) is 0. The summed E-state index contributed by atoms with van der Waals surface area (Å²) < 4.78 is 1.11. The maximum Gasteiger partial charge on any atom is 0.0175 e. The van der Waals surface area contributed by atoms with Crippen molar-refractivity contribution in [1.29, 1.82) is 0 Å². The highest BCUT2D eigenvalue weighted by Gasteiger charge is 2.07. The van der Waals surface area contributed by atoms with E-state index in [0.717, 1.165) is 4.47 Å². The highest BCUT2D eigenvalue weighted by Crippen LogP contribution is 2.29. The molecule has 0 aliphatic heterocycles. The Kier molecular flexibility index (Phi) is 3.45. The van der Waals surface area contributed by atoms with Crippen LogP contribution in [0.25, 0.3) is 11.1 Å². The fraction of sp³-hybridized carbons (Fsp3) is 0.200. The number of rotatable bonds is 2. The molecule has 0 bridgehead atoms. The molecule has 0 aliphatic rings. The Hall–Kier alpha value is -1.08. The van der Waals surface area contributed by atoms with Gasteiger partial charge in [-0.05, 0) is 40.8 Å². The molecule has 0 aromatic heterocycles. The van der Waals surface area contributed by atoms with E-state index in [1.165, 1.54) is 16.7 Å². The van der Waals surface area contributed by atoms with Crippen LogP contribution in [0, 0.1) is 6.07 Å². The van der Waals surface area contributed by atoms with E-state index in [9.17, 15) is 0 Å². The molecule has 0 N–H and O–H groups in total. The molecule has 1 radical (unpaired) electrons. The van der Waals surface area contributed by atoms with Crippen LogP contribution in [0.3, 0.4) is 0 Å². The lowest BCUT2D eigenvalue weighted by Crippen LogP contribution is -1.92. The largest absolute Gasteiger partial charge is 0.0610 e. The van der Waals surface area contributed by atoms with Gasteiger partial charge >= 0.3 is 0 Å². The predicted molar refractivity (Wildman–Crippen MR) is 72.5 cm³/mol.